The molecule has 2 unspecified atom stereocenters. The normalized spacial score (nSPS) is 13.7. The lowest BCUT2D eigenvalue weighted by atomic mass is 9.96. The number of amidine groups is 1. The number of nitrogens with zero attached hydrogens (tertiary/aromatic N) is 2. The Hall–Kier alpha value is -5.92. The first-order valence-electron chi connectivity index (χ1n) is 15.7. The third kappa shape index (κ3) is 9.79. The van der Waals surface area contributed by atoms with Gasteiger partial charge in [0.25, 0.3) is 5.91 Å². The molecule has 3 aromatic rings. The Morgan fingerprint density at radius 3 is 2.35 bits per heavy atom. The van der Waals surface area contributed by atoms with Gasteiger partial charge in [0.15, 0.2) is 12.4 Å². The molecule has 49 heavy (non-hydrogen) atoms. The second-order valence-electron chi connectivity index (χ2n) is 11.0. The number of rotatable bonds is 15. The number of benzene rings is 3. The third-order valence-electron chi connectivity index (χ3n) is 7.61. The number of ether oxygens (including phenoxy) is 3. The second-order valence-corrected chi connectivity index (χ2v) is 11.0. The molecule has 0 saturated carbocycles. The quantitative estimate of drug-likeness (QED) is 0.0465. The van der Waals surface area contributed by atoms with Gasteiger partial charge >= 0.3 is 11.9 Å². The average molecular weight is 674 g/mol. The molecule has 0 bridgehead atoms. The summed E-state index contributed by atoms with van der Waals surface area (Å²) in [6.45, 7) is 3.50. The lowest BCUT2D eigenvalue weighted by Crippen LogP contribution is -2.48. The zero-order valence-corrected chi connectivity index (χ0v) is 27.2. The van der Waals surface area contributed by atoms with Gasteiger partial charge in [-0.1, -0.05) is 59.8 Å². The fourth-order valence-electron chi connectivity index (χ4n) is 5.12. The van der Waals surface area contributed by atoms with Crippen LogP contribution in [0.25, 0.3) is 0 Å². The summed E-state index contributed by atoms with van der Waals surface area (Å²) in [6.07, 6.45) is -0.194. The largest absolute Gasteiger partial charge is 0.481 e. The van der Waals surface area contributed by atoms with Crippen LogP contribution < -0.4 is 26.0 Å². The fourth-order valence-corrected chi connectivity index (χ4v) is 5.12. The number of oxime groups is 1. The molecule has 5 N–H and O–H groups in total. The van der Waals surface area contributed by atoms with E-state index >= 15 is 0 Å². The van der Waals surface area contributed by atoms with E-state index in [0.29, 0.717) is 28.3 Å². The minimum atomic E-state index is -1.27. The summed E-state index contributed by atoms with van der Waals surface area (Å²) in [5, 5.41) is 17.3. The molecule has 14 heteroatoms. The van der Waals surface area contributed by atoms with Crippen LogP contribution in [0.15, 0.2) is 78.0 Å². The van der Waals surface area contributed by atoms with Gasteiger partial charge in [0.2, 0.25) is 11.8 Å². The van der Waals surface area contributed by atoms with Crippen LogP contribution in [0.3, 0.4) is 0 Å². The minimum absolute atomic E-state index is 0.0181. The standard InChI is InChI=1S/C35H39N5O9/c1-3-47-31(42)17-15-27(35(45)48-4-2)38-34(44)26(18-22-8-6-5-7-9-22)33(43)37-25-14-16-28-29(19-25)49-21-30(41)40(28)20-23-10-12-24(13-11-23)32(36)39-46/h5-14,16,19,26-27,46H,3-4,15,17-18,20-21H2,1-2H3,(H2,36,39)(H,37,43)(H,38,44). The van der Waals surface area contributed by atoms with E-state index in [9.17, 15) is 24.0 Å². The van der Waals surface area contributed by atoms with Crippen molar-refractivity contribution >= 4 is 46.9 Å². The van der Waals surface area contributed by atoms with E-state index in [-0.39, 0.29) is 57.4 Å². The summed E-state index contributed by atoms with van der Waals surface area (Å²) in [5.41, 5.74) is 8.45. The Kier molecular flexibility index (Phi) is 12.7. The highest BCUT2D eigenvalue weighted by Gasteiger charge is 2.32. The number of carbonyl (C=O) groups is 5. The van der Waals surface area contributed by atoms with Crippen molar-refractivity contribution in [1.29, 1.82) is 0 Å². The summed E-state index contributed by atoms with van der Waals surface area (Å²) in [4.78, 5) is 66.4. The first kappa shape index (κ1) is 35.9. The van der Waals surface area contributed by atoms with Gasteiger partial charge in [0.05, 0.1) is 25.4 Å². The number of amides is 3. The topological polar surface area (TPSA) is 199 Å². The van der Waals surface area contributed by atoms with Crippen LogP contribution in [0, 0.1) is 5.92 Å². The summed E-state index contributed by atoms with van der Waals surface area (Å²) in [5.74, 6) is -3.88. The van der Waals surface area contributed by atoms with Gasteiger partial charge in [-0.05, 0) is 49.9 Å². The maximum absolute atomic E-state index is 13.7. The maximum atomic E-state index is 13.7. The molecule has 3 amide bonds. The van der Waals surface area contributed by atoms with Gasteiger partial charge < -0.3 is 40.7 Å². The fraction of sp³-hybridized carbons (Fsp3) is 0.314. The predicted molar refractivity (Wildman–Crippen MR) is 179 cm³/mol. The number of nitrogens with one attached hydrogen (secondary N) is 2. The molecule has 0 fully saturated rings. The van der Waals surface area contributed by atoms with Crippen LogP contribution in [0.1, 0.15) is 43.4 Å². The van der Waals surface area contributed by atoms with E-state index in [2.05, 4.69) is 15.8 Å². The highest BCUT2D eigenvalue weighted by molar-refractivity contribution is 6.08. The van der Waals surface area contributed by atoms with Gasteiger partial charge in [-0.3, -0.25) is 19.2 Å². The van der Waals surface area contributed by atoms with Crippen LogP contribution in [-0.2, 0) is 46.4 Å². The van der Waals surface area contributed by atoms with Gasteiger partial charge in [0, 0.05) is 23.7 Å². The van der Waals surface area contributed by atoms with Gasteiger partial charge in [-0.25, -0.2) is 4.79 Å². The smallest absolute Gasteiger partial charge is 0.328 e. The molecule has 0 saturated heterocycles. The molecule has 1 aliphatic heterocycles. The van der Waals surface area contributed by atoms with E-state index in [1.54, 1.807) is 85.5 Å². The Labute approximate surface area is 283 Å². The number of hydrogen-bond donors (Lipinski definition) is 4. The molecular weight excluding hydrogens is 634 g/mol. The average Bonchev–Trinajstić information content (AvgIpc) is 3.10. The van der Waals surface area contributed by atoms with Crippen molar-refractivity contribution in [3.63, 3.8) is 0 Å². The number of hydrogen-bond acceptors (Lipinski definition) is 10. The molecule has 1 heterocycles. The Bertz CT molecular complexity index is 1680. The number of fused-ring (bicyclic) bond motifs is 1. The number of esters is 2. The zero-order valence-electron chi connectivity index (χ0n) is 27.2. The van der Waals surface area contributed by atoms with Crippen molar-refractivity contribution in [2.75, 3.05) is 30.0 Å². The van der Waals surface area contributed by atoms with E-state index in [1.807, 2.05) is 6.07 Å². The first-order valence-corrected chi connectivity index (χ1v) is 15.7. The van der Waals surface area contributed by atoms with Gasteiger partial charge in [-0.2, -0.15) is 0 Å². The third-order valence-corrected chi connectivity index (χ3v) is 7.61. The lowest BCUT2D eigenvalue weighted by Gasteiger charge is -2.30. The van der Waals surface area contributed by atoms with Crippen LogP contribution in [0.5, 0.6) is 5.75 Å². The molecule has 4 rings (SSSR count). The van der Waals surface area contributed by atoms with E-state index in [0.717, 1.165) is 5.56 Å². The molecule has 2 atom stereocenters. The van der Waals surface area contributed by atoms with Gasteiger partial charge in [0.1, 0.15) is 17.7 Å². The van der Waals surface area contributed by atoms with Crippen molar-refractivity contribution in [2.24, 2.45) is 16.8 Å². The SMILES string of the molecule is CCOC(=O)CCC(NC(=O)C(Cc1ccccc1)C(=O)Nc1ccc2c(c1)OCC(=O)N2Cc1ccc(/C(N)=N/O)cc1)C(=O)OCC. The number of anilines is 2. The predicted octanol–water partition coefficient (Wildman–Crippen LogP) is 2.90. The van der Waals surface area contributed by atoms with E-state index < -0.39 is 35.7 Å². The molecular formula is C35H39N5O9. The first-order chi connectivity index (χ1) is 23.6. The molecule has 0 aromatic heterocycles. The lowest BCUT2D eigenvalue weighted by molar-refractivity contribution is -0.150. The maximum Gasteiger partial charge on any atom is 0.328 e. The monoisotopic (exact) mass is 673 g/mol. The number of carbonyl (C=O) groups excluding carboxylic acids is 5. The van der Waals surface area contributed by atoms with E-state index in [4.69, 9.17) is 25.2 Å². The van der Waals surface area contributed by atoms with Crippen LogP contribution in [0.2, 0.25) is 0 Å². The Morgan fingerprint density at radius 1 is 0.959 bits per heavy atom. The second kappa shape index (κ2) is 17.3. The van der Waals surface area contributed by atoms with Crippen LogP contribution in [-0.4, -0.2) is 66.6 Å². The van der Waals surface area contributed by atoms with Crippen molar-refractivity contribution in [3.8, 4) is 5.75 Å². The summed E-state index contributed by atoms with van der Waals surface area (Å²) in [6, 6.07) is 19.4. The number of nitrogens with two attached hydrogens (primary N) is 1. The summed E-state index contributed by atoms with van der Waals surface area (Å²) >= 11 is 0. The Balaban J connectivity index is 1.53. The van der Waals surface area contributed by atoms with E-state index in [1.165, 1.54) is 0 Å². The van der Waals surface area contributed by atoms with Crippen molar-refractivity contribution in [2.45, 2.75) is 45.7 Å². The highest BCUT2D eigenvalue weighted by atomic mass is 16.5. The van der Waals surface area contributed by atoms with Crippen LogP contribution in [0.4, 0.5) is 11.4 Å². The van der Waals surface area contributed by atoms with Crippen molar-refractivity contribution in [1.82, 2.24) is 5.32 Å². The van der Waals surface area contributed by atoms with Crippen molar-refractivity contribution in [3.05, 3.63) is 89.5 Å². The summed E-state index contributed by atoms with van der Waals surface area (Å²) in [7, 11) is 0. The molecule has 14 nitrogen and oxygen atoms in total. The van der Waals surface area contributed by atoms with Crippen molar-refractivity contribution < 1.29 is 43.4 Å². The molecule has 3 aromatic carbocycles. The molecule has 258 valence electrons. The Morgan fingerprint density at radius 2 is 1.67 bits per heavy atom. The van der Waals surface area contributed by atoms with Gasteiger partial charge in [-0.15, -0.1) is 0 Å². The zero-order chi connectivity index (χ0) is 35.3. The van der Waals surface area contributed by atoms with Crippen LogP contribution >= 0.6 is 0 Å². The molecule has 0 aliphatic carbocycles. The highest BCUT2D eigenvalue weighted by Crippen LogP contribution is 2.35. The molecule has 0 radical (unpaired) electrons. The molecule has 0 spiro atoms. The minimum Gasteiger partial charge on any atom is -0.481 e. The summed E-state index contributed by atoms with van der Waals surface area (Å²) < 4.78 is 15.7. The molecule has 1 aliphatic rings.